The summed E-state index contributed by atoms with van der Waals surface area (Å²) >= 11 is 1.48. The number of thiazole rings is 1. The normalized spacial score (nSPS) is 11.5. The SMILES string of the molecule is COc1cc(S(C)(=O)=O)ccc1Nc1nc2ccc(-c3ccc(CC(=O)Cc4ccc(F)cc4)cc3)cc2s1. The smallest absolute Gasteiger partial charge is 0.188 e. The van der Waals surface area contributed by atoms with E-state index in [1.165, 1.54) is 42.7 Å². The first-order valence-electron chi connectivity index (χ1n) is 12.1. The zero-order valence-corrected chi connectivity index (χ0v) is 22.9. The van der Waals surface area contributed by atoms with Crippen LogP contribution in [0.1, 0.15) is 11.1 Å². The first-order chi connectivity index (χ1) is 18.7. The van der Waals surface area contributed by atoms with Crippen LogP contribution in [0.4, 0.5) is 15.2 Å². The lowest BCUT2D eigenvalue weighted by Crippen LogP contribution is -2.06. The number of aromatic nitrogens is 1. The molecule has 5 rings (SSSR count). The molecule has 0 saturated heterocycles. The number of ketones is 1. The van der Waals surface area contributed by atoms with Crippen molar-refractivity contribution in [2.45, 2.75) is 17.7 Å². The van der Waals surface area contributed by atoms with E-state index in [0.717, 1.165) is 38.7 Å². The zero-order chi connectivity index (χ0) is 27.6. The Morgan fingerprint density at radius 3 is 2.18 bits per heavy atom. The molecule has 0 unspecified atom stereocenters. The number of hydrogen-bond donors (Lipinski definition) is 1. The standard InChI is InChI=1S/C30H25FN2O4S2/c1-37-28-18-25(39(2,35)36)12-14-26(28)32-30-33-27-13-9-22(17-29(27)38-30)21-7-3-19(4-8-21)15-24(34)16-20-5-10-23(31)11-6-20/h3-14,17-18H,15-16H2,1-2H3,(H,32,33). The van der Waals surface area contributed by atoms with Gasteiger partial charge in [-0.25, -0.2) is 17.8 Å². The van der Waals surface area contributed by atoms with Crippen molar-refractivity contribution >= 4 is 48.0 Å². The first-order valence-corrected chi connectivity index (χ1v) is 14.8. The van der Waals surface area contributed by atoms with Crippen molar-refractivity contribution < 1.29 is 22.3 Å². The molecule has 5 aromatic rings. The summed E-state index contributed by atoms with van der Waals surface area (Å²) in [5, 5.41) is 3.89. The second-order valence-electron chi connectivity index (χ2n) is 9.18. The van der Waals surface area contributed by atoms with E-state index in [1.54, 1.807) is 18.2 Å². The molecule has 0 aliphatic carbocycles. The number of nitrogens with one attached hydrogen (secondary N) is 1. The lowest BCUT2D eigenvalue weighted by atomic mass is 9.99. The second kappa shape index (κ2) is 11.0. The number of Topliss-reactive ketones (excluding diaryl/α,β-unsaturated/α-hetero) is 1. The molecule has 0 spiro atoms. The number of hydrogen-bond acceptors (Lipinski definition) is 7. The predicted octanol–water partition coefficient (Wildman–Crippen LogP) is 6.61. The van der Waals surface area contributed by atoms with Gasteiger partial charge in [0.15, 0.2) is 15.0 Å². The van der Waals surface area contributed by atoms with E-state index in [2.05, 4.69) is 16.4 Å². The number of carbonyl (C=O) groups is 1. The van der Waals surface area contributed by atoms with Gasteiger partial charge in [0.25, 0.3) is 0 Å². The van der Waals surface area contributed by atoms with Crippen LogP contribution in [0.5, 0.6) is 5.75 Å². The van der Waals surface area contributed by atoms with E-state index in [4.69, 9.17) is 4.74 Å². The van der Waals surface area contributed by atoms with Crippen molar-refractivity contribution in [1.29, 1.82) is 0 Å². The molecule has 0 fully saturated rings. The molecule has 1 aromatic heterocycles. The molecule has 0 atom stereocenters. The third-order valence-electron chi connectivity index (χ3n) is 6.23. The van der Waals surface area contributed by atoms with Gasteiger partial charge >= 0.3 is 0 Å². The molecular weight excluding hydrogens is 535 g/mol. The highest BCUT2D eigenvalue weighted by molar-refractivity contribution is 7.90. The minimum Gasteiger partial charge on any atom is -0.495 e. The summed E-state index contributed by atoms with van der Waals surface area (Å²) in [6.07, 6.45) is 1.74. The fraction of sp³-hybridized carbons (Fsp3) is 0.133. The highest BCUT2D eigenvalue weighted by atomic mass is 32.2. The van der Waals surface area contributed by atoms with Crippen LogP contribution in [0.15, 0.2) is 89.8 Å². The van der Waals surface area contributed by atoms with Gasteiger partial charge in [0.1, 0.15) is 17.3 Å². The first kappa shape index (κ1) is 26.5. The van der Waals surface area contributed by atoms with Crippen molar-refractivity contribution in [3.8, 4) is 16.9 Å². The third kappa shape index (κ3) is 6.32. The lowest BCUT2D eigenvalue weighted by Gasteiger charge is -2.10. The number of carbonyl (C=O) groups excluding carboxylic acids is 1. The Hall–Kier alpha value is -4.08. The fourth-order valence-electron chi connectivity index (χ4n) is 4.21. The van der Waals surface area contributed by atoms with Crippen molar-refractivity contribution in [2.75, 3.05) is 18.7 Å². The van der Waals surface area contributed by atoms with Gasteiger partial charge in [0, 0.05) is 25.2 Å². The molecule has 1 heterocycles. The van der Waals surface area contributed by atoms with Crippen LogP contribution in [0.3, 0.4) is 0 Å². The van der Waals surface area contributed by atoms with Crippen LogP contribution in [0, 0.1) is 5.82 Å². The number of ether oxygens (including phenoxy) is 1. The van der Waals surface area contributed by atoms with Crippen LogP contribution in [-0.4, -0.2) is 32.6 Å². The number of halogens is 1. The Morgan fingerprint density at radius 2 is 1.54 bits per heavy atom. The molecular formula is C30H25FN2O4S2. The summed E-state index contributed by atoms with van der Waals surface area (Å²) in [5.41, 5.74) is 5.22. The molecule has 0 bridgehead atoms. The number of sulfone groups is 1. The van der Waals surface area contributed by atoms with Gasteiger partial charge in [-0.15, -0.1) is 0 Å². The Kier molecular flexibility index (Phi) is 7.45. The quantitative estimate of drug-likeness (QED) is 0.218. The Bertz CT molecular complexity index is 1760. The van der Waals surface area contributed by atoms with Gasteiger partial charge < -0.3 is 10.1 Å². The average molecular weight is 561 g/mol. The number of anilines is 2. The molecule has 1 N–H and O–H groups in total. The number of fused-ring (bicyclic) bond motifs is 1. The molecule has 198 valence electrons. The molecule has 9 heteroatoms. The highest BCUT2D eigenvalue weighted by Gasteiger charge is 2.14. The van der Waals surface area contributed by atoms with Crippen LogP contribution in [0.2, 0.25) is 0 Å². The van der Waals surface area contributed by atoms with Crippen LogP contribution in [0.25, 0.3) is 21.3 Å². The maximum absolute atomic E-state index is 13.1. The summed E-state index contributed by atoms with van der Waals surface area (Å²) in [6, 6.07) is 24.6. The van der Waals surface area contributed by atoms with Crippen molar-refractivity contribution in [3.63, 3.8) is 0 Å². The number of nitrogens with zero attached hydrogens (tertiary/aromatic N) is 1. The Balaban J connectivity index is 1.29. The molecule has 4 aromatic carbocycles. The van der Waals surface area contributed by atoms with Gasteiger partial charge in [-0.05, 0) is 58.7 Å². The summed E-state index contributed by atoms with van der Waals surface area (Å²) in [4.78, 5) is 17.3. The molecule has 0 aliphatic heterocycles. The molecule has 0 radical (unpaired) electrons. The van der Waals surface area contributed by atoms with Crippen LogP contribution < -0.4 is 10.1 Å². The minimum absolute atomic E-state index is 0.0723. The summed E-state index contributed by atoms with van der Waals surface area (Å²) in [7, 11) is -1.86. The molecule has 6 nitrogen and oxygen atoms in total. The maximum Gasteiger partial charge on any atom is 0.188 e. The average Bonchev–Trinajstić information content (AvgIpc) is 3.31. The third-order valence-corrected chi connectivity index (χ3v) is 8.28. The number of benzene rings is 4. The van der Waals surface area contributed by atoms with Crippen LogP contribution in [-0.2, 0) is 27.5 Å². The van der Waals surface area contributed by atoms with Gasteiger partial charge in [-0.2, -0.15) is 0 Å². The van der Waals surface area contributed by atoms with E-state index in [9.17, 15) is 17.6 Å². The van der Waals surface area contributed by atoms with E-state index in [1.807, 2.05) is 36.4 Å². The van der Waals surface area contributed by atoms with Gasteiger partial charge in [0.2, 0.25) is 0 Å². The fourth-order valence-corrected chi connectivity index (χ4v) is 5.77. The number of methoxy groups -OCH3 is 1. The van der Waals surface area contributed by atoms with Gasteiger partial charge in [-0.3, -0.25) is 4.79 Å². The molecule has 0 saturated carbocycles. The van der Waals surface area contributed by atoms with Crippen molar-refractivity contribution in [2.24, 2.45) is 0 Å². The molecule has 0 aliphatic rings. The largest absolute Gasteiger partial charge is 0.495 e. The Labute approximate surface area is 230 Å². The maximum atomic E-state index is 13.1. The van der Waals surface area contributed by atoms with E-state index in [-0.39, 0.29) is 22.9 Å². The summed E-state index contributed by atoms with van der Waals surface area (Å²) in [6.45, 7) is 0. The Morgan fingerprint density at radius 1 is 0.897 bits per heavy atom. The van der Waals surface area contributed by atoms with Gasteiger partial charge in [-0.1, -0.05) is 53.8 Å². The second-order valence-corrected chi connectivity index (χ2v) is 12.2. The number of rotatable bonds is 9. The molecule has 0 amide bonds. The van der Waals surface area contributed by atoms with E-state index in [0.29, 0.717) is 23.0 Å². The summed E-state index contributed by atoms with van der Waals surface area (Å²) < 4.78 is 43.2. The van der Waals surface area contributed by atoms with Crippen molar-refractivity contribution in [1.82, 2.24) is 4.98 Å². The van der Waals surface area contributed by atoms with Crippen molar-refractivity contribution in [3.05, 3.63) is 102 Å². The molecule has 39 heavy (non-hydrogen) atoms. The summed E-state index contributed by atoms with van der Waals surface area (Å²) in [5.74, 6) is 0.171. The predicted molar refractivity (Wildman–Crippen MR) is 153 cm³/mol. The van der Waals surface area contributed by atoms with E-state index < -0.39 is 9.84 Å². The monoisotopic (exact) mass is 560 g/mol. The topological polar surface area (TPSA) is 85.4 Å². The van der Waals surface area contributed by atoms with E-state index >= 15 is 0 Å². The minimum atomic E-state index is -3.35. The highest BCUT2D eigenvalue weighted by Crippen LogP contribution is 2.35. The lowest BCUT2D eigenvalue weighted by molar-refractivity contribution is -0.117. The zero-order valence-electron chi connectivity index (χ0n) is 21.3. The van der Waals surface area contributed by atoms with Gasteiger partial charge in [0.05, 0.1) is 27.9 Å². The van der Waals surface area contributed by atoms with Crippen LogP contribution >= 0.6 is 11.3 Å².